The average Bonchev–Trinajstić information content (AvgIpc) is 3.57. The molecule has 0 saturated carbocycles. The molecule has 8 rings (SSSR count). The maximum Gasteiger partial charge on any atom is 0.0626 e. The van der Waals surface area contributed by atoms with Crippen LogP contribution in [0.2, 0.25) is 0 Å². The Bertz CT molecular complexity index is 2090. The lowest BCUT2D eigenvalue weighted by molar-refractivity contribution is 1.19. The molecule has 2 heterocycles. The minimum atomic E-state index is 1.19. The fraction of sp³-hybridized carbons (Fsp3) is 0. The Labute approximate surface area is 212 Å². The van der Waals surface area contributed by atoms with Gasteiger partial charge in [-0.05, 0) is 62.3 Å². The van der Waals surface area contributed by atoms with Crippen LogP contribution in [0.4, 0.5) is 0 Å². The molecular weight excluding hydrogens is 454 g/mol. The van der Waals surface area contributed by atoms with E-state index in [1.807, 2.05) is 11.3 Å². The number of fused-ring (bicyclic) bond motifs is 10. The molecule has 168 valence electrons. The third-order valence-corrected chi connectivity index (χ3v) is 8.38. The summed E-state index contributed by atoms with van der Waals surface area (Å²) in [5.41, 5.74) is 6.19. The first kappa shape index (κ1) is 19.9. The van der Waals surface area contributed by atoms with Crippen LogP contribution in [0.5, 0.6) is 0 Å². The van der Waals surface area contributed by atoms with E-state index >= 15 is 0 Å². The Kier molecular flexibility index (Phi) is 4.16. The van der Waals surface area contributed by atoms with E-state index in [1.165, 1.54) is 70.3 Å². The highest BCUT2D eigenvalue weighted by Crippen LogP contribution is 2.45. The van der Waals surface area contributed by atoms with Crippen molar-refractivity contribution in [1.82, 2.24) is 4.57 Å². The summed E-state index contributed by atoms with van der Waals surface area (Å²) >= 11 is 1.84. The maximum absolute atomic E-state index is 2.49. The largest absolute Gasteiger partial charge is 0.309 e. The molecule has 0 aliphatic heterocycles. The van der Waals surface area contributed by atoms with Crippen LogP contribution in [0.3, 0.4) is 0 Å². The Morgan fingerprint density at radius 2 is 1.19 bits per heavy atom. The molecule has 0 spiro atoms. The van der Waals surface area contributed by atoms with E-state index in [0.717, 1.165) is 0 Å². The second-order valence-corrected chi connectivity index (χ2v) is 10.3. The van der Waals surface area contributed by atoms with Crippen molar-refractivity contribution < 1.29 is 0 Å². The van der Waals surface area contributed by atoms with Crippen LogP contribution in [0, 0.1) is 0 Å². The molecule has 36 heavy (non-hydrogen) atoms. The van der Waals surface area contributed by atoms with Gasteiger partial charge in [-0.3, -0.25) is 0 Å². The van der Waals surface area contributed by atoms with Crippen molar-refractivity contribution in [3.05, 3.63) is 127 Å². The topological polar surface area (TPSA) is 4.93 Å². The summed E-state index contributed by atoms with van der Waals surface area (Å²) in [7, 11) is 0. The second kappa shape index (κ2) is 7.55. The molecular formula is C34H21NS. The molecule has 0 saturated heterocycles. The molecule has 0 radical (unpaired) electrons. The van der Waals surface area contributed by atoms with E-state index < -0.39 is 0 Å². The van der Waals surface area contributed by atoms with E-state index in [0.29, 0.717) is 0 Å². The van der Waals surface area contributed by atoms with Crippen molar-refractivity contribution in [2.75, 3.05) is 0 Å². The zero-order valence-corrected chi connectivity index (χ0v) is 20.3. The summed E-state index contributed by atoms with van der Waals surface area (Å²) in [5.74, 6) is 0. The van der Waals surface area contributed by atoms with Crippen molar-refractivity contribution in [3.63, 3.8) is 0 Å². The first-order valence-electron chi connectivity index (χ1n) is 12.3. The van der Waals surface area contributed by atoms with E-state index in [4.69, 9.17) is 0 Å². The van der Waals surface area contributed by atoms with Crippen LogP contribution in [-0.4, -0.2) is 4.57 Å². The summed E-state index contributed by atoms with van der Waals surface area (Å²) in [4.78, 5) is 0. The fourth-order valence-corrected chi connectivity index (χ4v) is 6.85. The molecule has 0 amide bonds. The van der Waals surface area contributed by atoms with E-state index in [1.54, 1.807) is 0 Å². The van der Waals surface area contributed by atoms with Gasteiger partial charge in [0.15, 0.2) is 0 Å². The van der Waals surface area contributed by atoms with Gasteiger partial charge < -0.3 is 4.57 Å². The Morgan fingerprint density at radius 3 is 2.03 bits per heavy atom. The second-order valence-electron chi connectivity index (χ2n) is 9.37. The number of rotatable bonds is 2. The lowest BCUT2D eigenvalue weighted by Crippen LogP contribution is -1.95. The van der Waals surface area contributed by atoms with Crippen LogP contribution in [0.25, 0.3) is 70.3 Å². The minimum Gasteiger partial charge on any atom is -0.309 e. The zero-order chi connectivity index (χ0) is 23.6. The van der Waals surface area contributed by atoms with Gasteiger partial charge >= 0.3 is 0 Å². The first-order chi connectivity index (χ1) is 17.9. The summed E-state index contributed by atoms with van der Waals surface area (Å²) < 4.78 is 3.85. The SMILES string of the molecule is c1ccc(-c2cccc(-n3c4ccc5ccsc5c4c4c5ccccc5c5ccccc5c43)c2)cc1. The molecule has 0 atom stereocenters. The van der Waals surface area contributed by atoms with Crippen molar-refractivity contribution in [3.8, 4) is 16.8 Å². The van der Waals surface area contributed by atoms with Crippen molar-refractivity contribution >= 4 is 64.8 Å². The van der Waals surface area contributed by atoms with Gasteiger partial charge in [0, 0.05) is 26.5 Å². The molecule has 8 aromatic rings. The average molecular weight is 476 g/mol. The summed E-state index contributed by atoms with van der Waals surface area (Å²) in [6.45, 7) is 0. The molecule has 0 unspecified atom stereocenters. The predicted octanol–water partition coefficient (Wildman–Crippen LogP) is 9.97. The van der Waals surface area contributed by atoms with Gasteiger partial charge in [0.05, 0.1) is 11.0 Å². The summed E-state index contributed by atoms with van der Waals surface area (Å²) in [6.07, 6.45) is 0. The van der Waals surface area contributed by atoms with E-state index in [2.05, 4.69) is 131 Å². The predicted molar refractivity (Wildman–Crippen MR) is 157 cm³/mol. The highest BCUT2D eigenvalue weighted by molar-refractivity contribution is 7.18. The molecule has 2 aromatic heterocycles. The molecule has 2 heteroatoms. The number of benzene rings is 6. The van der Waals surface area contributed by atoms with Crippen LogP contribution in [-0.2, 0) is 0 Å². The molecule has 0 bridgehead atoms. The third-order valence-electron chi connectivity index (χ3n) is 7.43. The number of nitrogens with zero attached hydrogens (tertiary/aromatic N) is 1. The highest BCUT2D eigenvalue weighted by atomic mass is 32.1. The van der Waals surface area contributed by atoms with E-state index in [9.17, 15) is 0 Å². The Hall–Kier alpha value is -4.40. The van der Waals surface area contributed by atoms with Gasteiger partial charge in [0.25, 0.3) is 0 Å². The molecule has 6 aromatic carbocycles. The van der Waals surface area contributed by atoms with Gasteiger partial charge in [0.1, 0.15) is 0 Å². The standard InChI is InChI=1S/C34H21NS/c1-2-9-22(10-3-1)24-11-8-12-25(21-24)35-30-18-17-23-19-20-36-34(23)32(30)31-28-15-6-4-13-26(28)27-14-5-7-16-29(27)33(31)35/h1-21H. The number of hydrogen-bond donors (Lipinski definition) is 0. The van der Waals surface area contributed by atoms with Gasteiger partial charge in [-0.25, -0.2) is 0 Å². The van der Waals surface area contributed by atoms with Crippen LogP contribution >= 0.6 is 11.3 Å². The first-order valence-corrected chi connectivity index (χ1v) is 13.2. The van der Waals surface area contributed by atoms with Gasteiger partial charge in [0.2, 0.25) is 0 Å². The molecule has 0 aliphatic carbocycles. The van der Waals surface area contributed by atoms with Crippen LogP contribution in [0.1, 0.15) is 0 Å². The third kappa shape index (κ3) is 2.71. The minimum absolute atomic E-state index is 1.19. The van der Waals surface area contributed by atoms with Crippen molar-refractivity contribution in [2.24, 2.45) is 0 Å². The van der Waals surface area contributed by atoms with Gasteiger partial charge in [-0.1, -0.05) is 97.1 Å². The highest BCUT2D eigenvalue weighted by Gasteiger charge is 2.21. The Balaban J connectivity index is 1.63. The van der Waals surface area contributed by atoms with Gasteiger partial charge in [-0.15, -0.1) is 11.3 Å². The molecule has 0 N–H and O–H groups in total. The van der Waals surface area contributed by atoms with E-state index in [-0.39, 0.29) is 0 Å². The summed E-state index contributed by atoms with van der Waals surface area (Å²) in [5, 5.41) is 11.4. The lowest BCUT2D eigenvalue weighted by Gasteiger charge is -2.13. The number of aromatic nitrogens is 1. The van der Waals surface area contributed by atoms with Gasteiger partial charge in [-0.2, -0.15) is 0 Å². The molecule has 1 nitrogen and oxygen atoms in total. The smallest absolute Gasteiger partial charge is 0.0626 e. The Morgan fingerprint density at radius 1 is 0.500 bits per heavy atom. The maximum atomic E-state index is 2.49. The summed E-state index contributed by atoms with van der Waals surface area (Å²) in [6, 6.07) is 44.2. The van der Waals surface area contributed by atoms with Crippen molar-refractivity contribution in [1.29, 1.82) is 0 Å². The quantitative estimate of drug-likeness (QED) is 0.219. The molecule has 0 aliphatic rings. The lowest BCUT2D eigenvalue weighted by atomic mass is 9.96. The van der Waals surface area contributed by atoms with Crippen molar-refractivity contribution in [2.45, 2.75) is 0 Å². The zero-order valence-electron chi connectivity index (χ0n) is 19.5. The normalized spacial score (nSPS) is 11.9. The van der Waals surface area contributed by atoms with Crippen LogP contribution < -0.4 is 0 Å². The monoisotopic (exact) mass is 475 g/mol. The number of hydrogen-bond acceptors (Lipinski definition) is 1. The van der Waals surface area contributed by atoms with Crippen LogP contribution in [0.15, 0.2) is 127 Å². The molecule has 0 fully saturated rings. The fourth-order valence-electron chi connectivity index (χ4n) is 5.90. The number of thiophene rings is 1.